The highest BCUT2D eigenvalue weighted by Crippen LogP contribution is 2.22. The van der Waals surface area contributed by atoms with Crippen molar-refractivity contribution >= 4 is 11.8 Å². The van der Waals surface area contributed by atoms with Crippen LogP contribution in [-0.2, 0) is 11.2 Å². The summed E-state index contributed by atoms with van der Waals surface area (Å²) in [6, 6.07) is 10.1. The molecule has 108 valence electrons. The molecule has 0 radical (unpaired) electrons. The third-order valence-corrected chi connectivity index (χ3v) is 2.83. The van der Waals surface area contributed by atoms with Crippen molar-refractivity contribution in [3.63, 3.8) is 0 Å². The van der Waals surface area contributed by atoms with Crippen LogP contribution in [0.3, 0.4) is 0 Å². The first kappa shape index (κ1) is 14.7. The van der Waals surface area contributed by atoms with Gasteiger partial charge in [0.25, 0.3) is 0 Å². The standard InChI is InChI=1S/C16H15NO4/c1-2-15(18)14-7-6-13(10-17-14)21-12-5-3-4-11(8-12)9-16(19)20/h3-8,10H,2,9H2,1H3,(H,19,20). The van der Waals surface area contributed by atoms with Gasteiger partial charge in [-0.15, -0.1) is 0 Å². The lowest BCUT2D eigenvalue weighted by atomic mass is 10.1. The summed E-state index contributed by atoms with van der Waals surface area (Å²) in [6.45, 7) is 1.78. The summed E-state index contributed by atoms with van der Waals surface area (Å²) in [5, 5.41) is 8.77. The van der Waals surface area contributed by atoms with Crippen LogP contribution in [0.5, 0.6) is 11.5 Å². The van der Waals surface area contributed by atoms with Crippen molar-refractivity contribution in [3.05, 3.63) is 53.9 Å². The lowest BCUT2D eigenvalue weighted by Gasteiger charge is -2.07. The molecule has 0 bridgehead atoms. The molecular weight excluding hydrogens is 270 g/mol. The van der Waals surface area contributed by atoms with Crippen LogP contribution in [0.25, 0.3) is 0 Å². The second-order valence-electron chi connectivity index (χ2n) is 4.48. The number of benzene rings is 1. The highest BCUT2D eigenvalue weighted by molar-refractivity contribution is 5.93. The van der Waals surface area contributed by atoms with Crippen LogP contribution in [0, 0.1) is 0 Å². The Kier molecular flexibility index (Phi) is 4.66. The van der Waals surface area contributed by atoms with Crippen molar-refractivity contribution in [2.75, 3.05) is 0 Å². The summed E-state index contributed by atoms with van der Waals surface area (Å²) in [6.07, 6.45) is 1.83. The Bertz CT molecular complexity index is 650. The Morgan fingerprint density at radius 1 is 1.19 bits per heavy atom. The highest BCUT2D eigenvalue weighted by atomic mass is 16.5. The van der Waals surface area contributed by atoms with Crippen molar-refractivity contribution < 1.29 is 19.4 Å². The molecule has 1 N–H and O–H groups in total. The summed E-state index contributed by atoms with van der Waals surface area (Å²) >= 11 is 0. The molecule has 5 heteroatoms. The van der Waals surface area contributed by atoms with E-state index in [-0.39, 0.29) is 12.2 Å². The number of carboxylic acid groups (broad SMARTS) is 1. The number of aromatic nitrogens is 1. The lowest BCUT2D eigenvalue weighted by molar-refractivity contribution is -0.136. The van der Waals surface area contributed by atoms with Crippen LogP contribution in [0.1, 0.15) is 29.4 Å². The summed E-state index contributed by atoms with van der Waals surface area (Å²) in [5.41, 5.74) is 1.07. The molecule has 0 amide bonds. The van der Waals surface area contributed by atoms with Crippen LogP contribution in [-0.4, -0.2) is 21.8 Å². The molecule has 5 nitrogen and oxygen atoms in total. The number of carbonyl (C=O) groups excluding carboxylic acids is 1. The Hall–Kier alpha value is -2.69. The third kappa shape index (κ3) is 4.14. The van der Waals surface area contributed by atoms with E-state index < -0.39 is 5.97 Å². The second-order valence-corrected chi connectivity index (χ2v) is 4.48. The van der Waals surface area contributed by atoms with Gasteiger partial charge < -0.3 is 9.84 Å². The molecule has 0 spiro atoms. The molecule has 2 rings (SSSR count). The molecule has 0 unspecified atom stereocenters. The first-order valence-electron chi connectivity index (χ1n) is 6.56. The topological polar surface area (TPSA) is 76.5 Å². The van der Waals surface area contributed by atoms with Gasteiger partial charge in [-0.1, -0.05) is 19.1 Å². The molecule has 2 aromatic rings. The van der Waals surface area contributed by atoms with Gasteiger partial charge in [0, 0.05) is 6.42 Å². The number of hydrogen-bond donors (Lipinski definition) is 1. The minimum atomic E-state index is -0.892. The zero-order valence-electron chi connectivity index (χ0n) is 11.6. The zero-order chi connectivity index (χ0) is 15.2. The largest absolute Gasteiger partial charge is 0.481 e. The maximum Gasteiger partial charge on any atom is 0.307 e. The Morgan fingerprint density at radius 3 is 2.62 bits per heavy atom. The van der Waals surface area contributed by atoms with Gasteiger partial charge in [0.05, 0.1) is 12.6 Å². The van der Waals surface area contributed by atoms with Gasteiger partial charge in [0.1, 0.15) is 17.2 Å². The van der Waals surface area contributed by atoms with Gasteiger partial charge in [-0.25, -0.2) is 4.98 Å². The molecule has 0 saturated carbocycles. The maximum absolute atomic E-state index is 11.5. The Balaban J connectivity index is 2.11. The van der Waals surface area contributed by atoms with Crippen LogP contribution in [0.4, 0.5) is 0 Å². The number of pyridine rings is 1. The minimum Gasteiger partial charge on any atom is -0.481 e. The zero-order valence-corrected chi connectivity index (χ0v) is 11.6. The fourth-order valence-electron chi connectivity index (χ4n) is 1.82. The molecular formula is C16H15NO4. The average molecular weight is 285 g/mol. The number of hydrogen-bond acceptors (Lipinski definition) is 4. The molecule has 0 atom stereocenters. The van der Waals surface area contributed by atoms with Crippen molar-refractivity contribution in [2.45, 2.75) is 19.8 Å². The van der Waals surface area contributed by atoms with E-state index in [2.05, 4.69) is 4.98 Å². The lowest BCUT2D eigenvalue weighted by Crippen LogP contribution is -2.00. The van der Waals surface area contributed by atoms with E-state index >= 15 is 0 Å². The van der Waals surface area contributed by atoms with Gasteiger partial charge in [-0.05, 0) is 29.8 Å². The molecule has 1 aromatic heterocycles. The Morgan fingerprint density at radius 2 is 2.00 bits per heavy atom. The molecule has 1 aromatic carbocycles. The van der Waals surface area contributed by atoms with E-state index in [0.29, 0.717) is 29.2 Å². The van der Waals surface area contributed by atoms with Crippen LogP contribution in [0.15, 0.2) is 42.6 Å². The molecule has 0 aliphatic carbocycles. The van der Waals surface area contributed by atoms with Gasteiger partial charge in [-0.2, -0.15) is 0 Å². The van der Waals surface area contributed by atoms with Crippen LogP contribution >= 0.6 is 0 Å². The first-order chi connectivity index (χ1) is 10.1. The number of rotatable bonds is 6. The third-order valence-electron chi connectivity index (χ3n) is 2.83. The number of ether oxygens (including phenoxy) is 1. The molecule has 0 aliphatic heterocycles. The van der Waals surface area contributed by atoms with Crippen LogP contribution in [0.2, 0.25) is 0 Å². The van der Waals surface area contributed by atoms with E-state index in [9.17, 15) is 9.59 Å². The van der Waals surface area contributed by atoms with Crippen molar-refractivity contribution in [1.29, 1.82) is 0 Å². The number of carboxylic acids is 1. The molecule has 1 heterocycles. The highest BCUT2D eigenvalue weighted by Gasteiger charge is 2.06. The normalized spacial score (nSPS) is 10.1. The molecule has 21 heavy (non-hydrogen) atoms. The number of Topliss-reactive ketones (excluding diaryl/α,β-unsaturated/α-hetero) is 1. The predicted octanol–water partition coefficient (Wildman–Crippen LogP) is 3.09. The number of aliphatic carboxylic acids is 1. The Labute approximate surface area is 122 Å². The molecule has 0 fully saturated rings. The van der Waals surface area contributed by atoms with Gasteiger partial charge >= 0.3 is 5.97 Å². The predicted molar refractivity (Wildman–Crippen MR) is 76.7 cm³/mol. The average Bonchev–Trinajstić information content (AvgIpc) is 2.47. The number of carbonyl (C=O) groups is 2. The van der Waals surface area contributed by atoms with E-state index in [1.165, 1.54) is 6.20 Å². The fourth-order valence-corrected chi connectivity index (χ4v) is 1.82. The first-order valence-corrected chi connectivity index (χ1v) is 6.56. The fraction of sp³-hybridized carbons (Fsp3) is 0.188. The van der Waals surface area contributed by atoms with Crippen molar-refractivity contribution in [2.24, 2.45) is 0 Å². The van der Waals surface area contributed by atoms with Crippen LogP contribution < -0.4 is 4.74 Å². The van der Waals surface area contributed by atoms with Gasteiger partial charge in [0.15, 0.2) is 5.78 Å². The SMILES string of the molecule is CCC(=O)c1ccc(Oc2cccc(CC(=O)O)c2)cn1. The van der Waals surface area contributed by atoms with Gasteiger partial charge in [0.2, 0.25) is 0 Å². The smallest absolute Gasteiger partial charge is 0.307 e. The number of ketones is 1. The minimum absolute atomic E-state index is 0.0231. The van der Waals surface area contributed by atoms with E-state index in [1.807, 2.05) is 0 Å². The van der Waals surface area contributed by atoms with Gasteiger partial charge in [-0.3, -0.25) is 9.59 Å². The molecule has 0 aliphatic rings. The quantitative estimate of drug-likeness (QED) is 0.825. The van der Waals surface area contributed by atoms with E-state index in [4.69, 9.17) is 9.84 Å². The second kappa shape index (κ2) is 6.65. The van der Waals surface area contributed by atoms with Crippen molar-refractivity contribution in [1.82, 2.24) is 4.98 Å². The number of nitrogens with zero attached hydrogens (tertiary/aromatic N) is 1. The maximum atomic E-state index is 11.5. The monoisotopic (exact) mass is 285 g/mol. The summed E-state index contributed by atoms with van der Waals surface area (Å²) in [4.78, 5) is 26.2. The summed E-state index contributed by atoms with van der Waals surface area (Å²) in [7, 11) is 0. The summed E-state index contributed by atoms with van der Waals surface area (Å²) < 4.78 is 5.60. The molecule has 0 saturated heterocycles. The van der Waals surface area contributed by atoms with E-state index in [1.54, 1.807) is 43.3 Å². The van der Waals surface area contributed by atoms with E-state index in [0.717, 1.165) is 0 Å². The summed E-state index contributed by atoms with van der Waals surface area (Å²) in [5.74, 6) is 0.112. The van der Waals surface area contributed by atoms with Crippen molar-refractivity contribution in [3.8, 4) is 11.5 Å².